The summed E-state index contributed by atoms with van der Waals surface area (Å²) in [7, 11) is 0. The van der Waals surface area contributed by atoms with Gasteiger partial charge in [0, 0.05) is 35.7 Å². The molecule has 4 atom stereocenters. The molecule has 3 rings (SSSR count). The average Bonchev–Trinajstić information content (AvgIpc) is 3.11. The molecule has 36 heavy (non-hydrogen) atoms. The number of nitrogens with one attached hydrogen (secondary N) is 2. The van der Waals surface area contributed by atoms with Crippen molar-refractivity contribution in [3.05, 3.63) is 69.2 Å². The molecule has 0 aromatic heterocycles. The monoisotopic (exact) mass is 537 g/mol. The highest BCUT2D eigenvalue weighted by Gasteiger charge is 2.61. The van der Waals surface area contributed by atoms with E-state index in [1.165, 1.54) is 24.3 Å². The normalized spacial score (nSPS) is 23.9. The lowest BCUT2D eigenvalue weighted by molar-refractivity contribution is -0.123. The Morgan fingerprint density at radius 1 is 1.22 bits per heavy atom. The number of carbonyl (C=O) groups excluding carboxylic acids is 1. The second kappa shape index (κ2) is 11.4. The molecule has 194 valence electrons. The van der Waals surface area contributed by atoms with E-state index < -0.39 is 41.0 Å². The summed E-state index contributed by atoms with van der Waals surface area (Å²) in [5.74, 6) is -3.00. The largest absolute Gasteiger partial charge is 0.396 e. The van der Waals surface area contributed by atoms with Crippen LogP contribution in [0.3, 0.4) is 0 Å². The number of amides is 1. The van der Waals surface area contributed by atoms with Crippen LogP contribution in [0.2, 0.25) is 10.0 Å². The van der Waals surface area contributed by atoms with Crippen LogP contribution in [-0.2, 0) is 10.2 Å². The van der Waals surface area contributed by atoms with E-state index in [0.29, 0.717) is 25.8 Å². The van der Waals surface area contributed by atoms with E-state index in [9.17, 15) is 10.1 Å². The van der Waals surface area contributed by atoms with Gasteiger partial charge in [0.15, 0.2) is 0 Å². The van der Waals surface area contributed by atoms with Crippen LogP contribution < -0.4 is 10.6 Å². The fourth-order valence-corrected chi connectivity index (χ4v) is 5.46. The molecule has 1 aliphatic heterocycles. The highest BCUT2D eigenvalue weighted by atomic mass is 35.5. The first-order valence-electron chi connectivity index (χ1n) is 11.9. The molecule has 0 spiro atoms. The van der Waals surface area contributed by atoms with Crippen molar-refractivity contribution in [3.63, 3.8) is 0 Å². The minimum Gasteiger partial charge on any atom is -0.396 e. The summed E-state index contributed by atoms with van der Waals surface area (Å²) in [6.07, 6.45) is 1.46. The highest BCUT2D eigenvalue weighted by Crippen LogP contribution is 2.52. The fourth-order valence-electron chi connectivity index (χ4n) is 5.12. The van der Waals surface area contributed by atoms with Crippen molar-refractivity contribution >= 4 is 29.1 Å². The number of carbonyl (C=O) groups is 1. The van der Waals surface area contributed by atoms with Gasteiger partial charge in [0.25, 0.3) is 0 Å². The number of aliphatic hydroxyl groups excluding tert-OH is 1. The summed E-state index contributed by atoms with van der Waals surface area (Å²) in [6, 6.07) is 9.04. The van der Waals surface area contributed by atoms with Gasteiger partial charge in [0.05, 0.1) is 17.1 Å². The van der Waals surface area contributed by atoms with Gasteiger partial charge in [-0.15, -0.1) is 0 Å². The molecule has 1 aliphatic rings. The van der Waals surface area contributed by atoms with Crippen LogP contribution in [0, 0.1) is 28.4 Å². The van der Waals surface area contributed by atoms with Gasteiger partial charge in [-0.1, -0.05) is 62.2 Å². The van der Waals surface area contributed by atoms with Crippen molar-refractivity contribution in [2.45, 2.75) is 63.5 Å². The Balaban J connectivity index is 2.26. The molecule has 1 fully saturated rings. The fraction of sp³-hybridized carbons (Fsp3) is 0.481. The number of hydrogen-bond donors (Lipinski definition) is 3. The van der Waals surface area contributed by atoms with E-state index in [-0.39, 0.29) is 33.2 Å². The van der Waals surface area contributed by atoms with Crippen LogP contribution in [0.1, 0.15) is 57.1 Å². The van der Waals surface area contributed by atoms with Gasteiger partial charge in [0.2, 0.25) is 5.91 Å². The molecule has 0 saturated carbocycles. The summed E-state index contributed by atoms with van der Waals surface area (Å²) in [6.45, 7) is 6.22. The Morgan fingerprint density at radius 2 is 1.94 bits per heavy atom. The summed E-state index contributed by atoms with van der Waals surface area (Å²) in [5.41, 5.74) is -1.87. The molecule has 0 radical (unpaired) electrons. The van der Waals surface area contributed by atoms with Gasteiger partial charge in [-0.05, 0) is 48.4 Å². The number of nitrogens with zero attached hydrogens (tertiary/aromatic N) is 1. The molecule has 2 aromatic rings. The SMILES string of the molecule is CC(C)(C)C[C@@H]1N[C@@H](C(=O)NCCCCO)[C@H](c2cccc(Cl)c2F)[C@@]1(C#N)c1ccc(Cl)cc1F. The van der Waals surface area contributed by atoms with E-state index in [1.807, 2.05) is 20.8 Å². The lowest BCUT2D eigenvalue weighted by atomic mass is 9.62. The third kappa shape index (κ3) is 5.68. The number of hydrogen-bond acceptors (Lipinski definition) is 4. The van der Waals surface area contributed by atoms with Crippen LogP contribution >= 0.6 is 23.2 Å². The molecule has 0 unspecified atom stereocenters. The first kappa shape index (κ1) is 28.3. The second-order valence-electron chi connectivity index (χ2n) is 10.4. The zero-order valence-corrected chi connectivity index (χ0v) is 22.1. The van der Waals surface area contributed by atoms with Crippen molar-refractivity contribution in [3.8, 4) is 6.07 Å². The zero-order valence-electron chi connectivity index (χ0n) is 20.5. The molecule has 1 heterocycles. The van der Waals surface area contributed by atoms with Crippen LogP contribution in [0.25, 0.3) is 0 Å². The summed E-state index contributed by atoms with van der Waals surface area (Å²) in [4.78, 5) is 13.5. The molecule has 1 amide bonds. The molecule has 0 bridgehead atoms. The van der Waals surface area contributed by atoms with Crippen LogP contribution in [0.4, 0.5) is 8.78 Å². The van der Waals surface area contributed by atoms with Crippen molar-refractivity contribution in [1.82, 2.24) is 10.6 Å². The second-order valence-corrected chi connectivity index (χ2v) is 11.3. The summed E-state index contributed by atoms with van der Waals surface area (Å²) < 4.78 is 31.0. The summed E-state index contributed by atoms with van der Waals surface area (Å²) >= 11 is 12.1. The van der Waals surface area contributed by atoms with Crippen molar-refractivity contribution < 1.29 is 18.7 Å². The molecule has 1 saturated heterocycles. The van der Waals surface area contributed by atoms with E-state index in [1.54, 1.807) is 6.07 Å². The van der Waals surface area contributed by atoms with E-state index in [0.717, 1.165) is 6.07 Å². The van der Waals surface area contributed by atoms with Crippen molar-refractivity contribution in [1.29, 1.82) is 5.26 Å². The Labute approximate surface area is 220 Å². The minimum atomic E-state index is -1.65. The van der Waals surface area contributed by atoms with Crippen molar-refractivity contribution in [2.75, 3.05) is 13.2 Å². The zero-order chi connectivity index (χ0) is 26.7. The molecule has 2 aromatic carbocycles. The van der Waals surface area contributed by atoms with Crippen LogP contribution in [-0.4, -0.2) is 36.2 Å². The predicted molar refractivity (Wildman–Crippen MR) is 137 cm³/mol. The Bertz CT molecular complexity index is 1150. The van der Waals surface area contributed by atoms with Gasteiger partial charge in [0.1, 0.15) is 17.0 Å². The third-order valence-electron chi connectivity index (χ3n) is 6.62. The first-order chi connectivity index (χ1) is 17.0. The van der Waals surface area contributed by atoms with Gasteiger partial charge in [-0.25, -0.2) is 8.78 Å². The first-order valence-corrected chi connectivity index (χ1v) is 12.7. The maximum atomic E-state index is 15.5. The maximum absolute atomic E-state index is 15.5. The number of nitriles is 1. The van der Waals surface area contributed by atoms with Gasteiger partial charge < -0.3 is 15.7 Å². The van der Waals surface area contributed by atoms with Gasteiger partial charge >= 0.3 is 0 Å². The number of aliphatic hydroxyl groups is 1. The smallest absolute Gasteiger partial charge is 0.237 e. The number of halogens is 4. The molecule has 9 heteroatoms. The molecular formula is C27H31Cl2F2N3O2. The van der Waals surface area contributed by atoms with E-state index >= 15 is 8.78 Å². The van der Waals surface area contributed by atoms with Crippen molar-refractivity contribution in [2.24, 2.45) is 5.41 Å². The molecule has 3 N–H and O–H groups in total. The molecular weight excluding hydrogens is 507 g/mol. The van der Waals surface area contributed by atoms with E-state index in [2.05, 4.69) is 16.7 Å². The van der Waals surface area contributed by atoms with Gasteiger partial charge in [-0.3, -0.25) is 4.79 Å². The number of rotatable bonds is 8. The molecule has 5 nitrogen and oxygen atoms in total. The van der Waals surface area contributed by atoms with E-state index in [4.69, 9.17) is 28.3 Å². The van der Waals surface area contributed by atoms with Crippen LogP contribution in [0.5, 0.6) is 0 Å². The Kier molecular flexibility index (Phi) is 9.00. The topological polar surface area (TPSA) is 85.2 Å². The minimum absolute atomic E-state index is 0.00502. The quantitative estimate of drug-likeness (QED) is 0.389. The summed E-state index contributed by atoms with van der Waals surface area (Å²) in [5, 5.41) is 25.9. The van der Waals surface area contributed by atoms with Gasteiger partial charge in [-0.2, -0.15) is 5.26 Å². The standard InChI is InChI=1S/C27H31Cl2F2N3O2/c1-26(2,3)14-21-27(15-32,18-10-9-16(28)13-20(18)30)22(17-7-6-8-19(29)23(17)31)24(34-21)25(36)33-11-4-5-12-35/h6-10,13,21-22,24,34-35H,4-5,11-12,14H2,1-3H3,(H,33,36)/t21-,22-,24+,27-/m0/s1. The maximum Gasteiger partial charge on any atom is 0.237 e. The Hall–Kier alpha value is -2.24. The average molecular weight is 538 g/mol. The molecule has 0 aliphatic carbocycles. The lowest BCUT2D eigenvalue weighted by Crippen LogP contribution is -2.46. The number of benzene rings is 2. The number of unbranched alkanes of at least 4 members (excludes halogenated alkanes) is 1. The Morgan fingerprint density at radius 3 is 2.56 bits per heavy atom. The predicted octanol–water partition coefficient (Wildman–Crippen LogP) is 5.48. The highest BCUT2D eigenvalue weighted by molar-refractivity contribution is 6.31. The lowest BCUT2D eigenvalue weighted by Gasteiger charge is -2.37. The third-order valence-corrected chi connectivity index (χ3v) is 7.14. The van der Waals surface area contributed by atoms with Crippen LogP contribution in [0.15, 0.2) is 36.4 Å².